The van der Waals surface area contributed by atoms with E-state index in [9.17, 15) is 24.5 Å². The molecule has 0 unspecified atom stereocenters. The molecule has 0 saturated carbocycles. The number of urea groups is 1. The second kappa shape index (κ2) is 6.28. The van der Waals surface area contributed by atoms with E-state index in [0.717, 1.165) is 6.07 Å². The van der Waals surface area contributed by atoms with E-state index in [1.54, 1.807) is 12.1 Å². The number of carbonyl (C=O) groups excluding carboxylic acids is 1. The summed E-state index contributed by atoms with van der Waals surface area (Å²) in [4.78, 5) is 50.3. The van der Waals surface area contributed by atoms with Crippen molar-refractivity contribution in [1.82, 2.24) is 10.4 Å². The molecule has 10 heteroatoms. The molecule has 1 aromatic heterocycles. The first-order chi connectivity index (χ1) is 12.0. The lowest BCUT2D eigenvalue weighted by Gasteiger charge is -2.01. The lowest BCUT2D eigenvalue weighted by atomic mass is 10.2. The van der Waals surface area contributed by atoms with Crippen molar-refractivity contribution >= 4 is 28.2 Å². The molecule has 0 aliphatic carbocycles. The number of nitrogens with one attached hydrogen (secondary N) is 2. The molecule has 2 aromatic carbocycles. The Bertz CT molecular complexity index is 1130. The zero-order valence-corrected chi connectivity index (χ0v) is 12.4. The molecule has 25 heavy (non-hydrogen) atoms. The van der Waals surface area contributed by atoms with Crippen molar-refractivity contribution in [3.63, 3.8) is 0 Å². The van der Waals surface area contributed by atoms with Gasteiger partial charge >= 0.3 is 6.03 Å². The molecule has 3 rings (SSSR count). The molecule has 2 amide bonds. The van der Waals surface area contributed by atoms with E-state index >= 15 is 0 Å². The van der Waals surface area contributed by atoms with Crippen LogP contribution < -0.4 is 27.0 Å². The van der Waals surface area contributed by atoms with Crippen molar-refractivity contribution in [2.75, 3.05) is 5.32 Å². The van der Waals surface area contributed by atoms with Gasteiger partial charge in [0.2, 0.25) is 10.9 Å². The maximum absolute atomic E-state index is 12.3. The minimum Gasteiger partial charge on any atom is -0.305 e. The summed E-state index contributed by atoms with van der Waals surface area (Å²) >= 11 is 0. The number of nitro benzene ring substituents is 1. The van der Waals surface area contributed by atoms with Gasteiger partial charge in [0.25, 0.3) is 5.69 Å². The Balaban J connectivity index is 1.99. The van der Waals surface area contributed by atoms with Gasteiger partial charge in [0.05, 0.1) is 16.8 Å². The van der Waals surface area contributed by atoms with Gasteiger partial charge in [-0.05, 0) is 18.2 Å². The highest BCUT2D eigenvalue weighted by Gasteiger charge is 2.20. The van der Waals surface area contributed by atoms with Crippen LogP contribution in [0.2, 0.25) is 0 Å². The smallest absolute Gasteiger partial charge is 0.305 e. The first kappa shape index (κ1) is 15.9. The Labute approximate surface area is 138 Å². The lowest BCUT2D eigenvalue weighted by Crippen LogP contribution is -2.36. The van der Waals surface area contributed by atoms with Gasteiger partial charge in [-0.3, -0.25) is 24.7 Å². The number of nitro groups is 1. The van der Waals surface area contributed by atoms with Crippen LogP contribution in [0, 0.1) is 10.1 Å². The Hall–Kier alpha value is -3.95. The summed E-state index contributed by atoms with van der Waals surface area (Å²) in [5, 5.41) is 15.9. The fraction of sp³-hybridized carbons (Fsp3) is 0. The van der Waals surface area contributed by atoms with E-state index < -0.39 is 32.9 Å². The van der Waals surface area contributed by atoms with Crippen molar-refractivity contribution in [1.29, 1.82) is 0 Å². The summed E-state index contributed by atoms with van der Waals surface area (Å²) in [6, 6.07) is 6.09. The van der Waals surface area contributed by atoms with E-state index in [1.807, 2.05) is 5.43 Å². The summed E-state index contributed by atoms with van der Waals surface area (Å²) in [7, 11) is 0. The molecule has 0 spiro atoms. The first-order valence-electron chi connectivity index (χ1n) is 6.90. The summed E-state index contributed by atoms with van der Waals surface area (Å²) in [6.45, 7) is 0. The molecule has 2 N–H and O–H groups in total. The fourth-order valence-corrected chi connectivity index (χ4v) is 2.27. The van der Waals surface area contributed by atoms with Crippen molar-refractivity contribution < 1.29 is 9.72 Å². The van der Waals surface area contributed by atoms with E-state index in [1.165, 1.54) is 24.5 Å². The standard InChI is InChI=1S/C15H9N5O5/c21-13-9-4-1-5-10(20(24)25)11(9)14(22)12(13)18-19-15(23)17-8-3-2-6-16-7-8/h1-7H,(H2,17,19,23). The molecular weight excluding hydrogens is 330 g/mol. The number of hydrogen-bond donors (Lipinski definition) is 2. The van der Waals surface area contributed by atoms with Gasteiger partial charge in [0.1, 0.15) is 5.39 Å². The molecule has 1 heterocycles. The molecule has 10 nitrogen and oxygen atoms in total. The van der Waals surface area contributed by atoms with Crippen LogP contribution in [0.25, 0.3) is 10.8 Å². The van der Waals surface area contributed by atoms with E-state index in [4.69, 9.17) is 0 Å². The normalized spacial score (nSPS) is 11.4. The minimum absolute atomic E-state index is 0.118. The van der Waals surface area contributed by atoms with Gasteiger partial charge in [0.15, 0.2) is 5.36 Å². The number of benzene rings is 1. The van der Waals surface area contributed by atoms with Gasteiger partial charge < -0.3 is 5.32 Å². The monoisotopic (exact) mass is 339 g/mol. The number of nitrogens with zero attached hydrogens (tertiary/aromatic N) is 3. The summed E-state index contributed by atoms with van der Waals surface area (Å²) in [5.41, 5.74) is 0.214. The Morgan fingerprint density at radius 3 is 2.64 bits per heavy atom. The van der Waals surface area contributed by atoms with Crippen LogP contribution >= 0.6 is 0 Å². The van der Waals surface area contributed by atoms with Gasteiger partial charge in [0, 0.05) is 17.6 Å². The molecule has 0 saturated heterocycles. The van der Waals surface area contributed by atoms with E-state index in [0.29, 0.717) is 5.69 Å². The van der Waals surface area contributed by atoms with Crippen LogP contribution in [0.3, 0.4) is 0 Å². The highest BCUT2D eigenvalue weighted by Crippen LogP contribution is 2.18. The molecule has 0 aliphatic rings. The number of fused-ring (bicyclic) bond motifs is 1. The van der Waals surface area contributed by atoms with Crippen molar-refractivity contribution in [3.8, 4) is 0 Å². The predicted octanol–water partition coefficient (Wildman–Crippen LogP) is 0.376. The maximum Gasteiger partial charge on any atom is 0.339 e. The third kappa shape index (κ3) is 2.95. The average Bonchev–Trinajstić information content (AvgIpc) is 2.85. The summed E-state index contributed by atoms with van der Waals surface area (Å²) < 4.78 is 0. The number of aromatic nitrogens is 1. The van der Waals surface area contributed by atoms with Crippen LogP contribution in [0.15, 0.2) is 57.4 Å². The fourth-order valence-electron chi connectivity index (χ4n) is 2.27. The van der Waals surface area contributed by atoms with Crippen molar-refractivity contribution in [2.24, 2.45) is 5.10 Å². The number of amides is 2. The molecule has 0 fully saturated rings. The third-order valence-corrected chi connectivity index (χ3v) is 3.33. The highest BCUT2D eigenvalue weighted by molar-refractivity contribution is 5.91. The summed E-state index contributed by atoms with van der Waals surface area (Å²) in [5.74, 6) is 0. The number of pyridine rings is 1. The first-order valence-corrected chi connectivity index (χ1v) is 6.90. The number of rotatable bonds is 3. The second-order valence-electron chi connectivity index (χ2n) is 4.88. The van der Waals surface area contributed by atoms with Crippen molar-refractivity contribution in [2.45, 2.75) is 0 Å². The van der Waals surface area contributed by atoms with Gasteiger partial charge in [-0.1, -0.05) is 6.07 Å². The van der Waals surface area contributed by atoms with Gasteiger partial charge in [-0.2, -0.15) is 5.10 Å². The number of anilines is 1. The number of hydrogen-bond acceptors (Lipinski definition) is 7. The number of non-ortho nitro benzene ring substituents is 1. The van der Waals surface area contributed by atoms with Crippen LogP contribution in [0.1, 0.15) is 0 Å². The Morgan fingerprint density at radius 2 is 1.96 bits per heavy atom. The molecule has 124 valence electrons. The van der Waals surface area contributed by atoms with Crippen LogP contribution in [-0.4, -0.2) is 15.9 Å². The zero-order chi connectivity index (χ0) is 18.0. The lowest BCUT2D eigenvalue weighted by molar-refractivity contribution is -0.383. The van der Waals surface area contributed by atoms with Crippen LogP contribution in [-0.2, 0) is 0 Å². The molecule has 0 bridgehead atoms. The summed E-state index contributed by atoms with van der Waals surface area (Å²) in [6.07, 6.45) is 2.90. The van der Waals surface area contributed by atoms with Crippen LogP contribution in [0.4, 0.5) is 16.2 Å². The SMILES string of the molecule is O=C(NN=c1c(=O)c2cccc([N+](=O)[O-])c2c1=O)Nc1cccnc1. The van der Waals surface area contributed by atoms with Gasteiger partial charge in [-0.15, -0.1) is 0 Å². The Kier molecular flexibility index (Phi) is 4.00. The topological polar surface area (TPSA) is 144 Å². The molecular formula is C15H9N5O5. The molecule has 0 radical (unpaired) electrons. The molecule has 0 atom stereocenters. The van der Waals surface area contributed by atoms with E-state index in [-0.39, 0.29) is 10.8 Å². The van der Waals surface area contributed by atoms with Crippen LogP contribution in [0.5, 0.6) is 0 Å². The quantitative estimate of drug-likeness (QED) is 0.521. The van der Waals surface area contributed by atoms with E-state index in [2.05, 4.69) is 15.4 Å². The predicted molar refractivity (Wildman–Crippen MR) is 87.5 cm³/mol. The Morgan fingerprint density at radius 1 is 1.16 bits per heavy atom. The third-order valence-electron chi connectivity index (χ3n) is 3.33. The van der Waals surface area contributed by atoms with Gasteiger partial charge in [-0.25, -0.2) is 10.2 Å². The molecule has 3 aromatic rings. The largest absolute Gasteiger partial charge is 0.339 e. The molecule has 0 aliphatic heterocycles. The van der Waals surface area contributed by atoms with Crippen molar-refractivity contribution in [3.05, 3.63) is 78.6 Å². The highest BCUT2D eigenvalue weighted by atomic mass is 16.6. The minimum atomic E-state index is -0.908. The maximum atomic E-state index is 12.3. The average molecular weight is 339 g/mol. The number of carbonyl (C=O) groups is 1. The zero-order valence-electron chi connectivity index (χ0n) is 12.4. The second-order valence-corrected chi connectivity index (χ2v) is 4.88.